The molecule has 3 N–H and O–H groups in total. The molecule has 0 fully saturated rings. The predicted molar refractivity (Wildman–Crippen MR) is 123 cm³/mol. The minimum atomic E-state index is -3.16. The number of alkyl halides is 2. The number of fused-ring (bicyclic) bond motifs is 1. The lowest BCUT2D eigenvalue weighted by atomic mass is 10.2. The van der Waals surface area contributed by atoms with Crippen molar-refractivity contribution >= 4 is 38.4 Å². The first-order chi connectivity index (χ1) is 15.7. The monoisotopic (exact) mass is 472 g/mol. The molecule has 170 valence electrons. The number of aromatic nitrogens is 3. The standard InChI is InChI=1S/C21H19F2N6O3P/c1-29-8-2-3-15-18(29)19(26-11-25-15)32-13-5-6-14(16(30)9-13)28-20(31)27-12-4-7-17(24-10-12)21(22,23)33/h2-7,9-11,30H,8,33H2,1H3,(H2,27,28,31). The second-order valence-corrected chi connectivity index (χ2v) is 7.84. The maximum Gasteiger partial charge on any atom is 0.323 e. The van der Waals surface area contributed by atoms with Crippen molar-refractivity contribution in [2.24, 2.45) is 0 Å². The number of rotatable bonds is 5. The molecule has 0 spiro atoms. The van der Waals surface area contributed by atoms with Crippen molar-refractivity contribution in [3.8, 4) is 17.4 Å². The van der Waals surface area contributed by atoms with Gasteiger partial charge >= 0.3 is 6.03 Å². The maximum absolute atomic E-state index is 13.2. The van der Waals surface area contributed by atoms with Gasteiger partial charge in [-0.15, -0.1) is 0 Å². The number of nitrogens with one attached hydrogen (secondary N) is 2. The first-order valence-corrected chi connectivity index (χ1v) is 10.2. The average Bonchev–Trinajstić information content (AvgIpc) is 2.76. The molecule has 9 nitrogen and oxygen atoms in total. The fraction of sp³-hybridized carbons (Fsp3) is 0.143. The number of carbonyl (C=O) groups excluding carboxylic acids is 1. The molecule has 0 radical (unpaired) electrons. The molecule has 0 saturated heterocycles. The van der Waals surface area contributed by atoms with Crippen molar-refractivity contribution in [2.45, 2.75) is 5.66 Å². The molecule has 2 aromatic heterocycles. The molecule has 4 rings (SSSR count). The van der Waals surface area contributed by atoms with E-state index in [2.05, 4.69) is 25.6 Å². The summed E-state index contributed by atoms with van der Waals surface area (Å²) in [4.78, 5) is 26.2. The zero-order valence-corrected chi connectivity index (χ0v) is 18.4. The normalized spacial score (nSPS) is 12.8. The SMILES string of the molecule is CN1CC=Cc2ncnc(Oc3ccc(NC(=O)Nc4ccc(C(F)(F)P)nc4)c(O)c3)c21. The summed E-state index contributed by atoms with van der Waals surface area (Å²) in [5, 5.41) is 15.3. The van der Waals surface area contributed by atoms with Crippen molar-refractivity contribution in [3.05, 3.63) is 60.3 Å². The number of likely N-dealkylation sites (N-methyl/N-ethyl adjacent to an activating group) is 1. The number of carbonyl (C=O) groups is 1. The van der Waals surface area contributed by atoms with Gasteiger partial charge in [-0.1, -0.05) is 15.3 Å². The molecule has 1 aromatic carbocycles. The molecule has 1 aliphatic heterocycles. The van der Waals surface area contributed by atoms with E-state index >= 15 is 0 Å². The number of anilines is 3. The number of pyridine rings is 1. The van der Waals surface area contributed by atoms with E-state index in [0.29, 0.717) is 18.2 Å². The zero-order chi connectivity index (χ0) is 23.6. The van der Waals surface area contributed by atoms with Crippen LogP contribution in [0.3, 0.4) is 0 Å². The highest BCUT2D eigenvalue weighted by molar-refractivity contribution is 7.17. The summed E-state index contributed by atoms with van der Waals surface area (Å²) in [7, 11) is 3.28. The van der Waals surface area contributed by atoms with Gasteiger partial charge in [-0.3, -0.25) is 4.98 Å². The lowest BCUT2D eigenvalue weighted by Gasteiger charge is -2.24. The number of urea groups is 1. The summed E-state index contributed by atoms with van der Waals surface area (Å²) in [5.41, 5.74) is -1.84. The number of hydrogen-bond donors (Lipinski definition) is 3. The Kier molecular flexibility index (Phi) is 6.06. The number of amides is 2. The van der Waals surface area contributed by atoms with E-state index in [1.54, 1.807) is 6.07 Å². The van der Waals surface area contributed by atoms with Gasteiger partial charge in [-0.25, -0.2) is 9.78 Å². The van der Waals surface area contributed by atoms with E-state index in [1.807, 2.05) is 24.1 Å². The van der Waals surface area contributed by atoms with E-state index in [9.17, 15) is 18.7 Å². The maximum atomic E-state index is 13.2. The second-order valence-electron chi connectivity index (χ2n) is 7.11. The number of halogens is 2. The molecule has 0 aliphatic carbocycles. The molecule has 12 heteroatoms. The number of benzene rings is 1. The number of hydrogen-bond acceptors (Lipinski definition) is 7. The lowest BCUT2D eigenvalue weighted by molar-refractivity contribution is 0.0987. The van der Waals surface area contributed by atoms with Crippen LogP contribution in [-0.4, -0.2) is 39.7 Å². The lowest BCUT2D eigenvalue weighted by Crippen LogP contribution is -2.22. The molecule has 0 bridgehead atoms. The summed E-state index contributed by atoms with van der Waals surface area (Å²) in [6.07, 6.45) is 6.35. The molecule has 2 amide bonds. The molecule has 3 aromatic rings. The molecule has 1 aliphatic rings. The molecular weight excluding hydrogens is 453 g/mol. The highest BCUT2D eigenvalue weighted by atomic mass is 31.0. The Morgan fingerprint density at radius 1 is 1.21 bits per heavy atom. The van der Waals surface area contributed by atoms with Gasteiger partial charge in [0.2, 0.25) is 5.88 Å². The summed E-state index contributed by atoms with van der Waals surface area (Å²) in [5.74, 6) is 0.395. The van der Waals surface area contributed by atoms with Gasteiger partial charge in [-0.2, -0.15) is 13.8 Å². The topological polar surface area (TPSA) is 112 Å². The minimum absolute atomic E-state index is 0.116. The zero-order valence-electron chi connectivity index (χ0n) is 17.3. The van der Waals surface area contributed by atoms with E-state index in [4.69, 9.17) is 4.74 Å². The third-order valence-electron chi connectivity index (χ3n) is 4.65. The Morgan fingerprint density at radius 2 is 2.03 bits per heavy atom. The van der Waals surface area contributed by atoms with Crippen LogP contribution in [0.1, 0.15) is 11.4 Å². The Balaban J connectivity index is 1.43. The van der Waals surface area contributed by atoms with Crippen LogP contribution in [0.4, 0.5) is 30.6 Å². The van der Waals surface area contributed by atoms with Crippen LogP contribution < -0.4 is 20.3 Å². The fourth-order valence-corrected chi connectivity index (χ4v) is 3.26. The molecule has 1 atom stereocenters. The van der Waals surface area contributed by atoms with E-state index in [0.717, 1.165) is 23.6 Å². The Morgan fingerprint density at radius 3 is 2.73 bits per heavy atom. The smallest absolute Gasteiger partial charge is 0.323 e. The van der Waals surface area contributed by atoms with Crippen LogP contribution in [0, 0.1) is 0 Å². The van der Waals surface area contributed by atoms with Crippen LogP contribution >= 0.6 is 9.24 Å². The van der Waals surface area contributed by atoms with Gasteiger partial charge in [0.15, 0.2) is 0 Å². The third kappa shape index (κ3) is 5.15. The molecule has 33 heavy (non-hydrogen) atoms. The summed E-state index contributed by atoms with van der Waals surface area (Å²) in [6, 6.07) is 6.05. The Bertz CT molecular complexity index is 1220. The van der Waals surface area contributed by atoms with Crippen LogP contribution in [-0.2, 0) is 5.66 Å². The van der Waals surface area contributed by atoms with Crippen LogP contribution in [0.15, 0.2) is 48.9 Å². The predicted octanol–water partition coefficient (Wildman–Crippen LogP) is 4.40. The van der Waals surface area contributed by atoms with Crippen LogP contribution in [0.5, 0.6) is 17.4 Å². The van der Waals surface area contributed by atoms with Crippen molar-refractivity contribution < 1.29 is 23.4 Å². The number of phenols is 1. The highest BCUT2D eigenvalue weighted by Gasteiger charge is 2.26. The van der Waals surface area contributed by atoms with E-state index in [1.165, 1.54) is 33.8 Å². The van der Waals surface area contributed by atoms with Crippen molar-refractivity contribution in [2.75, 3.05) is 29.1 Å². The van der Waals surface area contributed by atoms with Gasteiger partial charge in [0.25, 0.3) is 5.66 Å². The van der Waals surface area contributed by atoms with Crippen molar-refractivity contribution in [3.63, 3.8) is 0 Å². The number of aromatic hydroxyl groups is 1. The number of phenolic OH excluding ortho intramolecular Hbond substituents is 1. The Labute approximate surface area is 189 Å². The van der Waals surface area contributed by atoms with Gasteiger partial charge < -0.3 is 25.4 Å². The first-order valence-electron chi connectivity index (χ1n) is 9.65. The van der Waals surface area contributed by atoms with Crippen LogP contribution in [0.25, 0.3) is 6.08 Å². The van der Waals surface area contributed by atoms with Gasteiger partial charge in [-0.05, 0) is 30.3 Å². The first kappa shape index (κ1) is 22.3. The van der Waals surface area contributed by atoms with E-state index < -0.39 is 17.4 Å². The number of nitrogens with zero attached hydrogens (tertiary/aromatic N) is 4. The van der Waals surface area contributed by atoms with Crippen molar-refractivity contribution in [1.82, 2.24) is 15.0 Å². The molecular formula is C21H19F2N6O3P. The van der Waals surface area contributed by atoms with Gasteiger partial charge in [0.05, 0.1) is 23.3 Å². The largest absolute Gasteiger partial charge is 0.506 e. The van der Waals surface area contributed by atoms with Gasteiger partial charge in [0.1, 0.15) is 29.2 Å². The minimum Gasteiger partial charge on any atom is -0.506 e. The van der Waals surface area contributed by atoms with Crippen LogP contribution in [0.2, 0.25) is 0 Å². The summed E-state index contributed by atoms with van der Waals surface area (Å²) in [6.45, 7) is 0.679. The second kappa shape index (κ2) is 8.95. The van der Waals surface area contributed by atoms with Crippen molar-refractivity contribution in [1.29, 1.82) is 0 Å². The summed E-state index contributed by atoms with van der Waals surface area (Å²) >= 11 is 0. The van der Waals surface area contributed by atoms with E-state index in [-0.39, 0.29) is 17.1 Å². The quantitative estimate of drug-likeness (QED) is 0.373. The summed E-state index contributed by atoms with van der Waals surface area (Å²) < 4.78 is 32.2. The Hall–Kier alpha value is -3.85. The third-order valence-corrected chi connectivity index (χ3v) is 4.94. The molecule has 0 saturated carbocycles. The molecule has 3 heterocycles. The van der Waals surface area contributed by atoms with Gasteiger partial charge in [0, 0.05) is 19.7 Å². The highest BCUT2D eigenvalue weighted by Crippen LogP contribution is 2.37. The number of ether oxygens (including phenoxy) is 1. The fourth-order valence-electron chi connectivity index (χ4n) is 3.09. The molecule has 1 unspecified atom stereocenters. The average molecular weight is 472 g/mol.